The van der Waals surface area contributed by atoms with Gasteiger partial charge in [0.15, 0.2) is 0 Å². The maximum atomic E-state index is 12.9. The lowest BCUT2D eigenvalue weighted by Crippen LogP contribution is -2.33. The summed E-state index contributed by atoms with van der Waals surface area (Å²) >= 11 is 7.63. The van der Waals surface area contributed by atoms with Gasteiger partial charge in [0.25, 0.3) is 5.91 Å². The van der Waals surface area contributed by atoms with Gasteiger partial charge in [-0.15, -0.1) is 11.3 Å². The summed E-state index contributed by atoms with van der Waals surface area (Å²) in [5.41, 5.74) is 4.39. The summed E-state index contributed by atoms with van der Waals surface area (Å²) in [6, 6.07) is 27.5. The first-order chi connectivity index (χ1) is 20.8. The molecule has 1 heterocycles. The van der Waals surface area contributed by atoms with Crippen molar-refractivity contribution in [1.29, 1.82) is 0 Å². The number of amides is 3. The molecule has 0 bridgehead atoms. The van der Waals surface area contributed by atoms with Gasteiger partial charge in [-0.05, 0) is 55.0 Å². The first-order valence-electron chi connectivity index (χ1n) is 12.9. The highest BCUT2D eigenvalue weighted by Gasteiger charge is 2.20. The topological polar surface area (TPSA) is 126 Å². The van der Waals surface area contributed by atoms with E-state index in [9.17, 15) is 19.2 Å². The van der Waals surface area contributed by atoms with Crippen LogP contribution in [0.15, 0.2) is 102 Å². The molecule has 5 aromatic rings. The van der Waals surface area contributed by atoms with Crippen molar-refractivity contribution >= 4 is 74.3 Å². The molecule has 0 spiro atoms. The molecule has 5 rings (SSSR count). The number of hydrazone groups is 1. The summed E-state index contributed by atoms with van der Waals surface area (Å²) < 4.78 is 6.43. The monoisotopic (exact) mass is 610 g/mol. The Balaban J connectivity index is 1.22. The van der Waals surface area contributed by atoms with Gasteiger partial charge in [0.05, 0.1) is 22.5 Å². The fraction of sp³-hybridized carbons (Fsp3) is 0.0312. The second kappa shape index (κ2) is 13.1. The second-order valence-electron chi connectivity index (χ2n) is 9.19. The van der Waals surface area contributed by atoms with Crippen molar-refractivity contribution in [1.82, 2.24) is 5.43 Å². The number of benzene rings is 4. The van der Waals surface area contributed by atoms with Gasteiger partial charge >= 0.3 is 17.8 Å². The van der Waals surface area contributed by atoms with Gasteiger partial charge in [-0.3, -0.25) is 14.4 Å². The van der Waals surface area contributed by atoms with Crippen LogP contribution >= 0.6 is 22.9 Å². The normalized spacial score (nSPS) is 10.8. The van der Waals surface area contributed by atoms with E-state index in [2.05, 4.69) is 21.2 Å². The quantitative estimate of drug-likeness (QED) is 0.0644. The summed E-state index contributed by atoms with van der Waals surface area (Å²) in [4.78, 5) is 51.1. The fourth-order valence-corrected chi connectivity index (χ4v) is 5.46. The van der Waals surface area contributed by atoms with Gasteiger partial charge in [0.2, 0.25) is 0 Å². The number of carbonyl (C=O) groups excluding carboxylic acids is 4. The van der Waals surface area contributed by atoms with Crippen LogP contribution in [0.2, 0.25) is 5.02 Å². The number of fused-ring (bicyclic) bond motifs is 1. The average molecular weight is 611 g/mol. The van der Waals surface area contributed by atoms with Crippen molar-refractivity contribution in [3.63, 3.8) is 0 Å². The van der Waals surface area contributed by atoms with Crippen molar-refractivity contribution in [3.05, 3.63) is 124 Å². The molecular weight excluding hydrogens is 588 g/mol. The highest BCUT2D eigenvalue weighted by Crippen LogP contribution is 2.36. The Bertz CT molecular complexity index is 1900. The van der Waals surface area contributed by atoms with Crippen LogP contribution in [0.4, 0.5) is 11.4 Å². The lowest BCUT2D eigenvalue weighted by atomic mass is 10.1. The molecule has 0 unspecified atom stereocenters. The van der Waals surface area contributed by atoms with Gasteiger partial charge in [0.1, 0.15) is 10.6 Å². The van der Waals surface area contributed by atoms with Crippen LogP contribution < -0.4 is 20.8 Å². The molecule has 1 aromatic heterocycles. The van der Waals surface area contributed by atoms with Crippen LogP contribution in [0.25, 0.3) is 10.1 Å². The maximum Gasteiger partial charge on any atom is 0.355 e. The Kier molecular flexibility index (Phi) is 8.90. The molecule has 11 heteroatoms. The standard InChI is InChI=1S/C32H23ClN4O5S/c1-19-9-8-11-21(17-19)35-29(38)22-12-3-5-14-24(22)36-30(39)31(40)37-34-18-20-10-2-6-15-25(20)42-32(41)28-27(33)23-13-4-7-16-26(23)43-28/h2-18H,1H3,(H,35,38)(H,36,39)(H,37,40)/b34-18-. The number of para-hydroxylation sites is 2. The second-order valence-corrected chi connectivity index (χ2v) is 10.6. The zero-order valence-corrected chi connectivity index (χ0v) is 24.2. The summed E-state index contributed by atoms with van der Waals surface area (Å²) in [5.74, 6) is -3.02. The highest BCUT2D eigenvalue weighted by molar-refractivity contribution is 7.21. The van der Waals surface area contributed by atoms with Crippen LogP contribution in [0.5, 0.6) is 5.75 Å². The third-order valence-corrected chi connectivity index (χ3v) is 7.77. The van der Waals surface area contributed by atoms with Crippen LogP contribution in [0.1, 0.15) is 31.2 Å². The van der Waals surface area contributed by atoms with Crippen molar-refractivity contribution < 1.29 is 23.9 Å². The first-order valence-corrected chi connectivity index (χ1v) is 14.1. The Morgan fingerprint density at radius 2 is 1.58 bits per heavy atom. The number of hydrogen-bond acceptors (Lipinski definition) is 7. The SMILES string of the molecule is Cc1cccc(NC(=O)c2ccccc2NC(=O)C(=O)N/N=C\c2ccccc2OC(=O)c2sc3ccccc3c2Cl)c1. The molecule has 3 N–H and O–H groups in total. The Hall–Kier alpha value is -5.32. The molecule has 0 aliphatic heterocycles. The van der Waals surface area contributed by atoms with E-state index < -0.39 is 23.7 Å². The molecule has 0 atom stereocenters. The van der Waals surface area contributed by atoms with Gasteiger partial charge < -0.3 is 15.4 Å². The number of thiophene rings is 1. The lowest BCUT2D eigenvalue weighted by Gasteiger charge is -2.11. The number of nitrogens with one attached hydrogen (secondary N) is 3. The number of anilines is 2. The minimum Gasteiger partial charge on any atom is -0.422 e. The van der Waals surface area contributed by atoms with Crippen molar-refractivity contribution in [3.8, 4) is 5.75 Å². The minimum absolute atomic E-state index is 0.147. The van der Waals surface area contributed by atoms with Crippen molar-refractivity contribution in [2.45, 2.75) is 6.92 Å². The maximum absolute atomic E-state index is 12.9. The number of esters is 1. The molecule has 0 saturated heterocycles. The molecule has 0 radical (unpaired) electrons. The largest absolute Gasteiger partial charge is 0.422 e. The van der Waals surface area contributed by atoms with E-state index in [0.717, 1.165) is 15.6 Å². The smallest absolute Gasteiger partial charge is 0.355 e. The minimum atomic E-state index is -1.07. The molecule has 214 valence electrons. The van der Waals surface area contributed by atoms with E-state index in [1.165, 1.54) is 29.7 Å². The van der Waals surface area contributed by atoms with Gasteiger partial charge in [0, 0.05) is 21.3 Å². The molecule has 0 aliphatic rings. The molecule has 0 fully saturated rings. The third-order valence-electron chi connectivity index (χ3n) is 6.11. The van der Waals surface area contributed by atoms with Crippen molar-refractivity contribution in [2.75, 3.05) is 10.6 Å². The van der Waals surface area contributed by atoms with Crippen LogP contribution in [0.3, 0.4) is 0 Å². The summed E-state index contributed by atoms with van der Waals surface area (Å²) in [5, 5.41) is 10.1. The number of hydrogen-bond donors (Lipinski definition) is 3. The van der Waals surface area contributed by atoms with E-state index in [4.69, 9.17) is 16.3 Å². The number of nitrogens with zero attached hydrogens (tertiary/aromatic N) is 1. The average Bonchev–Trinajstić information content (AvgIpc) is 3.34. The summed E-state index contributed by atoms with van der Waals surface area (Å²) in [7, 11) is 0. The molecular formula is C32H23ClN4O5S. The van der Waals surface area contributed by atoms with Gasteiger partial charge in [-0.1, -0.05) is 66.2 Å². The van der Waals surface area contributed by atoms with E-state index in [0.29, 0.717) is 16.3 Å². The molecule has 9 nitrogen and oxygen atoms in total. The van der Waals surface area contributed by atoms with Gasteiger partial charge in [-0.2, -0.15) is 5.10 Å². The van der Waals surface area contributed by atoms with E-state index in [-0.39, 0.29) is 21.9 Å². The summed E-state index contributed by atoms with van der Waals surface area (Å²) in [6.45, 7) is 1.90. The van der Waals surface area contributed by atoms with Crippen LogP contribution in [0, 0.1) is 6.92 Å². The summed E-state index contributed by atoms with van der Waals surface area (Å²) in [6.07, 6.45) is 1.24. The molecule has 3 amide bonds. The third kappa shape index (κ3) is 6.95. The van der Waals surface area contributed by atoms with E-state index >= 15 is 0 Å². The number of aryl methyl sites for hydroxylation is 1. The van der Waals surface area contributed by atoms with Gasteiger partial charge in [-0.25, -0.2) is 10.2 Å². The highest BCUT2D eigenvalue weighted by atomic mass is 35.5. The Morgan fingerprint density at radius 3 is 2.40 bits per heavy atom. The lowest BCUT2D eigenvalue weighted by molar-refractivity contribution is -0.136. The zero-order chi connectivity index (χ0) is 30.3. The molecule has 0 aliphatic carbocycles. The molecule has 4 aromatic carbocycles. The Labute approximate surface area is 255 Å². The fourth-order valence-electron chi connectivity index (χ4n) is 4.07. The molecule has 0 saturated carbocycles. The predicted molar refractivity (Wildman–Crippen MR) is 168 cm³/mol. The number of halogens is 1. The Morgan fingerprint density at radius 1 is 0.837 bits per heavy atom. The number of ether oxygens (including phenoxy) is 1. The number of carbonyl (C=O) groups is 4. The predicted octanol–water partition coefficient (Wildman–Crippen LogP) is 6.42. The van der Waals surface area contributed by atoms with Crippen molar-refractivity contribution in [2.24, 2.45) is 5.10 Å². The molecule has 43 heavy (non-hydrogen) atoms. The van der Waals surface area contributed by atoms with Crippen LogP contribution in [-0.4, -0.2) is 29.9 Å². The number of rotatable bonds is 7. The van der Waals surface area contributed by atoms with Crippen LogP contribution in [-0.2, 0) is 9.59 Å². The van der Waals surface area contributed by atoms with E-state index in [1.54, 1.807) is 42.5 Å². The first kappa shape index (κ1) is 29.2. The van der Waals surface area contributed by atoms with E-state index in [1.807, 2.05) is 49.4 Å². The zero-order valence-electron chi connectivity index (χ0n) is 22.6.